The third-order valence-corrected chi connectivity index (χ3v) is 4.28. The molecule has 0 radical (unpaired) electrons. The number of likely N-dealkylation sites (N-methyl/N-ethyl adjacent to an activating group) is 1. The summed E-state index contributed by atoms with van der Waals surface area (Å²) < 4.78 is 4.99. The number of pyridine rings is 1. The SMILES string of the molecule is COCCN(C)C(=O)c1sc2nc(C)cc(C)c2c1N. The largest absolute Gasteiger partial charge is 0.397 e. The van der Waals surface area contributed by atoms with Gasteiger partial charge in [0.25, 0.3) is 5.91 Å². The average Bonchev–Trinajstić information content (AvgIpc) is 2.72. The molecule has 0 aromatic carbocycles. The summed E-state index contributed by atoms with van der Waals surface area (Å²) in [6.07, 6.45) is 0. The molecule has 0 saturated carbocycles. The zero-order valence-electron chi connectivity index (χ0n) is 12.2. The maximum atomic E-state index is 12.4. The number of carbonyl (C=O) groups is 1. The number of nitrogens with zero attached hydrogens (tertiary/aromatic N) is 2. The van der Waals surface area contributed by atoms with E-state index >= 15 is 0 Å². The van der Waals surface area contributed by atoms with Crippen molar-refractivity contribution < 1.29 is 9.53 Å². The number of methoxy groups -OCH3 is 1. The summed E-state index contributed by atoms with van der Waals surface area (Å²) in [5.41, 5.74) is 8.67. The normalized spacial score (nSPS) is 11.0. The molecule has 20 heavy (non-hydrogen) atoms. The zero-order chi connectivity index (χ0) is 14.9. The first-order chi connectivity index (χ1) is 9.45. The second kappa shape index (κ2) is 5.76. The van der Waals surface area contributed by atoms with E-state index in [1.54, 1.807) is 19.1 Å². The van der Waals surface area contributed by atoms with E-state index in [0.29, 0.717) is 23.7 Å². The second-order valence-electron chi connectivity index (χ2n) is 4.83. The summed E-state index contributed by atoms with van der Waals surface area (Å²) in [7, 11) is 3.36. The Kier molecular flexibility index (Phi) is 4.25. The zero-order valence-corrected chi connectivity index (χ0v) is 13.0. The number of nitrogens with two attached hydrogens (primary N) is 1. The summed E-state index contributed by atoms with van der Waals surface area (Å²) >= 11 is 1.35. The van der Waals surface area contributed by atoms with E-state index in [9.17, 15) is 4.79 Å². The van der Waals surface area contributed by atoms with Gasteiger partial charge >= 0.3 is 0 Å². The number of amides is 1. The van der Waals surface area contributed by atoms with Gasteiger partial charge in [-0.1, -0.05) is 0 Å². The molecule has 2 aromatic rings. The molecule has 1 amide bonds. The van der Waals surface area contributed by atoms with Gasteiger partial charge in [-0.2, -0.15) is 0 Å². The van der Waals surface area contributed by atoms with Crippen LogP contribution in [0.2, 0.25) is 0 Å². The van der Waals surface area contributed by atoms with Crippen LogP contribution in [0.3, 0.4) is 0 Å². The topological polar surface area (TPSA) is 68.5 Å². The second-order valence-corrected chi connectivity index (χ2v) is 5.82. The van der Waals surface area contributed by atoms with Gasteiger partial charge in [0.1, 0.15) is 9.71 Å². The van der Waals surface area contributed by atoms with E-state index < -0.39 is 0 Å². The number of nitrogen functional groups attached to an aromatic ring is 1. The van der Waals surface area contributed by atoms with Gasteiger partial charge in [0, 0.05) is 31.8 Å². The van der Waals surface area contributed by atoms with Gasteiger partial charge in [-0.3, -0.25) is 4.79 Å². The number of anilines is 1. The molecule has 5 nitrogen and oxygen atoms in total. The molecule has 2 aromatic heterocycles. The van der Waals surface area contributed by atoms with Crippen LogP contribution in [-0.4, -0.2) is 43.1 Å². The maximum absolute atomic E-state index is 12.4. The molecule has 2 N–H and O–H groups in total. The van der Waals surface area contributed by atoms with Gasteiger partial charge in [0.15, 0.2) is 0 Å². The number of ether oxygens (including phenoxy) is 1. The molecule has 0 bridgehead atoms. The monoisotopic (exact) mass is 293 g/mol. The Morgan fingerprint density at radius 2 is 2.20 bits per heavy atom. The van der Waals surface area contributed by atoms with Crippen molar-refractivity contribution in [1.29, 1.82) is 0 Å². The van der Waals surface area contributed by atoms with Crippen LogP contribution in [-0.2, 0) is 4.74 Å². The fraction of sp³-hybridized carbons (Fsp3) is 0.429. The van der Waals surface area contributed by atoms with Gasteiger partial charge in [-0.15, -0.1) is 11.3 Å². The molecular formula is C14H19N3O2S. The molecule has 6 heteroatoms. The first-order valence-electron chi connectivity index (χ1n) is 6.36. The number of fused-ring (bicyclic) bond motifs is 1. The van der Waals surface area contributed by atoms with E-state index in [4.69, 9.17) is 10.5 Å². The number of carbonyl (C=O) groups excluding carboxylic acids is 1. The van der Waals surface area contributed by atoms with Crippen molar-refractivity contribution in [3.63, 3.8) is 0 Å². The summed E-state index contributed by atoms with van der Waals surface area (Å²) in [4.78, 5) is 19.9. The molecule has 0 atom stereocenters. The highest BCUT2D eigenvalue weighted by Crippen LogP contribution is 2.35. The first kappa shape index (κ1) is 14.7. The van der Waals surface area contributed by atoms with Crippen molar-refractivity contribution in [1.82, 2.24) is 9.88 Å². The van der Waals surface area contributed by atoms with Crippen LogP contribution in [0.1, 0.15) is 20.9 Å². The molecule has 108 valence electrons. The lowest BCUT2D eigenvalue weighted by Crippen LogP contribution is -2.29. The summed E-state index contributed by atoms with van der Waals surface area (Å²) in [5.74, 6) is -0.0837. The van der Waals surface area contributed by atoms with Crippen molar-refractivity contribution in [3.8, 4) is 0 Å². The van der Waals surface area contributed by atoms with Gasteiger partial charge in [0.05, 0.1) is 12.3 Å². The van der Waals surface area contributed by atoms with Crippen molar-refractivity contribution in [2.24, 2.45) is 0 Å². The predicted molar refractivity (Wildman–Crippen MR) is 82.3 cm³/mol. The lowest BCUT2D eigenvalue weighted by molar-refractivity contribution is 0.0750. The van der Waals surface area contributed by atoms with Crippen LogP contribution in [0.15, 0.2) is 6.07 Å². The predicted octanol–water partition coefficient (Wildman–Crippen LogP) is 2.21. The molecule has 0 fully saturated rings. The van der Waals surface area contributed by atoms with Gasteiger partial charge in [0.2, 0.25) is 0 Å². The minimum absolute atomic E-state index is 0.0837. The van der Waals surface area contributed by atoms with Crippen LogP contribution < -0.4 is 5.73 Å². The van der Waals surface area contributed by atoms with E-state index in [-0.39, 0.29) is 5.91 Å². The summed E-state index contributed by atoms with van der Waals surface area (Å²) in [6, 6.07) is 1.98. The highest BCUT2D eigenvalue weighted by Gasteiger charge is 2.21. The summed E-state index contributed by atoms with van der Waals surface area (Å²) in [6.45, 7) is 4.97. The van der Waals surface area contributed by atoms with E-state index in [2.05, 4.69) is 4.98 Å². The molecule has 0 aliphatic rings. The number of thiophene rings is 1. The van der Waals surface area contributed by atoms with E-state index in [0.717, 1.165) is 21.5 Å². The van der Waals surface area contributed by atoms with Crippen LogP contribution in [0.4, 0.5) is 5.69 Å². The highest BCUT2D eigenvalue weighted by atomic mass is 32.1. The summed E-state index contributed by atoms with van der Waals surface area (Å²) in [5, 5.41) is 0.893. The highest BCUT2D eigenvalue weighted by molar-refractivity contribution is 7.21. The molecule has 0 aliphatic carbocycles. The number of aromatic nitrogens is 1. The standard InChI is InChI=1S/C14H19N3O2S/c1-8-7-9(2)16-13-10(8)11(15)12(20-13)14(18)17(3)5-6-19-4/h7H,5-6,15H2,1-4H3. The molecule has 0 aliphatic heterocycles. The average molecular weight is 293 g/mol. The Hall–Kier alpha value is -1.66. The van der Waals surface area contributed by atoms with Gasteiger partial charge in [-0.05, 0) is 25.5 Å². The van der Waals surface area contributed by atoms with Crippen LogP contribution in [0.5, 0.6) is 0 Å². The quantitative estimate of drug-likeness (QED) is 0.938. The first-order valence-corrected chi connectivity index (χ1v) is 7.18. The number of hydrogen-bond acceptors (Lipinski definition) is 5. The van der Waals surface area contributed by atoms with Crippen molar-refractivity contribution in [2.75, 3.05) is 33.0 Å². The van der Waals surface area contributed by atoms with Crippen LogP contribution in [0.25, 0.3) is 10.2 Å². The molecular weight excluding hydrogens is 274 g/mol. The molecule has 0 spiro atoms. The van der Waals surface area contributed by atoms with E-state index in [1.807, 2.05) is 19.9 Å². The Balaban J connectivity index is 2.43. The minimum atomic E-state index is -0.0837. The molecule has 2 heterocycles. The molecule has 0 unspecified atom stereocenters. The van der Waals surface area contributed by atoms with Crippen molar-refractivity contribution in [3.05, 3.63) is 22.2 Å². The van der Waals surface area contributed by atoms with Gasteiger partial charge < -0.3 is 15.4 Å². The van der Waals surface area contributed by atoms with Gasteiger partial charge in [-0.25, -0.2) is 4.98 Å². The van der Waals surface area contributed by atoms with Crippen LogP contribution in [0, 0.1) is 13.8 Å². The Morgan fingerprint density at radius 1 is 1.50 bits per heavy atom. The number of aryl methyl sites for hydroxylation is 2. The number of hydrogen-bond donors (Lipinski definition) is 1. The molecule has 0 saturated heterocycles. The fourth-order valence-electron chi connectivity index (χ4n) is 2.13. The third kappa shape index (κ3) is 2.62. The number of rotatable bonds is 4. The Morgan fingerprint density at radius 3 is 2.85 bits per heavy atom. The van der Waals surface area contributed by atoms with Crippen molar-refractivity contribution >= 4 is 33.1 Å². The lowest BCUT2D eigenvalue weighted by Gasteiger charge is -2.15. The lowest BCUT2D eigenvalue weighted by atomic mass is 10.1. The third-order valence-electron chi connectivity index (χ3n) is 3.20. The van der Waals surface area contributed by atoms with Crippen molar-refractivity contribution in [2.45, 2.75) is 13.8 Å². The fourth-order valence-corrected chi connectivity index (χ4v) is 3.34. The van der Waals surface area contributed by atoms with E-state index in [1.165, 1.54) is 11.3 Å². The molecule has 2 rings (SSSR count). The maximum Gasteiger partial charge on any atom is 0.265 e. The Labute approximate surface area is 122 Å². The Bertz CT molecular complexity index is 651. The smallest absolute Gasteiger partial charge is 0.265 e. The minimum Gasteiger partial charge on any atom is -0.397 e. The van der Waals surface area contributed by atoms with Crippen LogP contribution >= 0.6 is 11.3 Å².